The van der Waals surface area contributed by atoms with E-state index in [-0.39, 0.29) is 0 Å². The lowest BCUT2D eigenvalue weighted by atomic mass is 10.1. The number of ether oxygens (including phenoxy) is 2. The average molecular weight is 369 g/mol. The Kier molecular flexibility index (Phi) is 6.17. The summed E-state index contributed by atoms with van der Waals surface area (Å²) in [5.41, 5.74) is 3.32. The number of benzene rings is 2. The first-order valence-corrected chi connectivity index (χ1v) is 9.54. The largest absolute Gasteiger partial charge is 0.495 e. The zero-order chi connectivity index (χ0) is 18.4. The molecule has 26 heavy (non-hydrogen) atoms. The van der Waals surface area contributed by atoms with Crippen LogP contribution >= 0.6 is 11.8 Å². The van der Waals surface area contributed by atoms with Crippen LogP contribution in [0.5, 0.6) is 11.5 Å². The maximum atomic E-state index is 5.91. The predicted octanol–water partition coefficient (Wildman–Crippen LogP) is 4.45. The highest BCUT2D eigenvalue weighted by molar-refractivity contribution is 7.99. The van der Waals surface area contributed by atoms with E-state index in [1.165, 1.54) is 11.1 Å². The van der Waals surface area contributed by atoms with Crippen molar-refractivity contribution in [3.63, 3.8) is 0 Å². The summed E-state index contributed by atoms with van der Waals surface area (Å²) in [7, 11) is 1.67. The van der Waals surface area contributed by atoms with Crippen LogP contribution in [0.1, 0.15) is 17.5 Å². The maximum absolute atomic E-state index is 5.91. The number of aryl methyl sites for hydroxylation is 2. The minimum Gasteiger partial charge on any atom is -0.495 e. The number of thioether (sulfide) groups is 1. The molecule has 1 heterocycles. The van der Waals surface area contributed by atoms with Gasteiger partial charge in [0.05, 0.1) is 19.4 Å². The van der Waals surface area contributed by atoms with Gasteiger partial charge in [0.2, 0.25) is 0 Å². The lowest BCUT2D eigenvalue weighted by molar-refractivity contribution is 0.316. The van der Waals surface area contributed by atoms with Crippen LogP contribution in [0.25, 0.3) is 5.69 Å². The zero-order valence-electron chi connectivity index (χ0n) is 15.3. The fraction of sp³-hybridized carbons (Fsp3) is 0.300. The molecule has 5 nitrogen and oxygen atoms in total. The van der Waals surface area contributed by atoms with Crippen molar-refractivity contribution in [3.05, 3.63) is 59.9 Å². The van der Waals surface area contributed by atoms with Gasteiger partial charge in [-0.05, 0) is 49.6 Å². The Balaban J connectivity index is 1.55. The molecule has 0 aliphatic carbocycles. The van der Waals surface area contributed by atoms with Crippen LogP contribution in [0.15, 0.2) is 53.9 Å². The fourth-order valence-electron chi connectivity index (χ4n) is 2.58. The van der Waals surface area contributed by atoms with Crippen LogP contribution in [0, 0.1) is 13.8 Å². The summed E-state index contributed by atoms with van der Waals surface area (Å²) in [6.45, 7) is 4.83. The van der Waals surface area contributed by atoms with Crippen molar-refractivity contribution in [1.29, 1.82) is 0 Å². The molecular formula is C20H23N3O2S. The monoisotopic (exact) mass is 369 g/mol. The topological polar surface area (TPSA) is 49.2 Å². The fourth-order valence-corrected chi connectivity index (χ4v) is 3.42. The minimum absolute atomic E-state index is 0.681. The maximum Gasteiger partial charge on any atom is 0.195 e. The third kappa shape index (κ3) is 4.38. The van der Waals surface area contributed by atoms with Crippen molar-refractivity contribution in [2.45, 2.75) is 25.4 Å². The van der Waals surface area contributed by atoms with Gasteiger partial charge in [0, 0.05) is 5.75 Å². The summed E-state index contributed by atoms with van der Waals surface area (Å²) < 4.78 is 13.3. The third-order valence-electron chi connectivity index (χ3n) is 3.98. The molecule has 136 valence electrons. The molecule has 6 heteroatoms. The summed E-state index contributed by atoms with van der Waals surface area (Å²) in [6.07, 6.45) is 2.64. The van der Waals surface area contributed by atoms with Gasteiger partial charge in [-0.3, -0.25) is 4.57 Å². The molecule has 2 aromatic carbocycles. The van der Waals surface area contributed by atoms with Crippen molar-refractivity contribution in [1.82, 2.24) is 14.8 Å². The first-order chi connectivity index (χ1) is 12.7. The third-order valence-corrected chi connectivity index (χ3v) is 5.01. The lowest BCUT2D eigenvalue weighted by Crippen LogP contribution is -2.02. The van der Waals surface area contributed by atoms with Gasteiger partial charge >= 0.3 is 0 Å². The van der Waals surface area contributed by atoms with Gasteiger partial charge < -0.3 is 9.47 Å². The van der Waals surface area contributed by atoms with E-state index in [9.17, 15) is 0 Å². The van der Waals surface area contributed by atoms with Gasteiger partial charge in [-0.25, -0.2) is 0 Å². The van der Waals surface area contributed by atoms with Gasteiger partial charge in [-0.1, -0.05) is 36.0 Å². The number of rotatable bonds is 8. The van der Waals surface area contributed by atoms with E-state index in [0.29, 0.717) is 6.61 Å². The second kappa shape index (κ2) is 8.76. The van der Waals surface area contributed by atoms with E-state index in [2.05, 4.69) is 42.2 Å². The minimum atomic E-state index is 0.681. The quantitative estimate of drug-likeness (QED) is 0.434. The molecule has 0 amide bonds. The predicted molar refractivity (Wildman–Crippen MR) is 105 cm³/mol. The molecule has 0 spiro atoms. The van der Waals surface area contributed by atoms with Crippen molar-refractivity contribution < 1.29 is 9.47 Å². The Bertz CT molecular complexity index is 864. The Labute approximate surface area is 158 Å². The number of hydrogen-bond donors (Lipinski definition) is 0. The zero-order valence-corrected chi connectivity index (χ0v) is 16.1. The highest BCUT2D eigenvalue weighted by Crippen LogP contribution is 2.27. The average Bonchev–Trinajstić information content (AvgIpc) is 3.12. The first-order valence-electron chi connectivity index (χ1n) is 8.55. The molecule has 0 saturated heterocycles. The van der Waals surface area contributed by atoms with Gasteiger partial charge in [0.15, 0.2) is 5.16 Å². The molecular weight excluding hydrogens is 346 g/mol. The summed E-state index contributed by atoms with van der Waals surface area (Å²) in [6, 6.07) is 14.1. The Hall–Kier alpha value is -2.47. The van der Waals surface area contributed by atoms with Crippen LogP contribution in [0.2, 0.25) is 0 Å². The molecule has 3 aromatic rings. The summed E-state index contributed by atoms with van der Waals surface area (Å²) in [5, 5.41) is 9.12. The Morgan fingerprint density at radius 2 is 1.92 bits per heavy atom. The molecule has 0 saturated carbocycles. The molecule has 0 aliphatic heterocycles. The number of nitrogens with zero attached hydrogens (tertiary/aromatic N) is 3. The van der Waals surface area contributed by atoms with Crippen LogP contribution in [0.3, 0.4) is 0 Å². The van der Waals surface area contributed by atoms with Crippen LogP contribution in [-0.4, -0.2) is 34.2 Å². The van der Waals surface area contributed by atoms with Gasteiger partial charge in [-0.15, -0.1) is 10.2 Å². The molecule has 0 radical (unpaired) electrons. The number of methoxy groups -OCH3 is 1. The molecule has 0 fully saturated rings. The van der Waals surface area contributed by atoms with Gasteiger partial charge in [0.25, 0.3) is 0 Å². The number of hydrogen-bond acceptors (Lipinski definition) is 5. The van der Waals surface area contributed by atoms with Gasteiger partial charge in [-0.2, -0.15) is 0 Å². The molecule has 1 aromatic heterocycles. The highest BCUT2D eigenvalue weighted by Gasteiger charge is 2.11. The molecule has 0 atom stereocenters. The Morgan fingerprint density at radius 3 is 2.77 bits per heavy atom. The van der Waals surface area contributed by atoms with E-state index in [4.69, 9.17) is 9.47 Å². The van der Waals surface area contributed by atoms with Crippen molar-refractivity contribution >= 4 is 11.8 Å². The Morgan fingerprint density at radius 1 is 1.08 bits per heavy atom. The van der Waals surface area contributed by atoms with Gasteiger partial charge in [0.1, 0.15) is 17.8 Å². The summed E-state index contributed by atoms with van der Waals surface area (Å²) in [4.78, 5) is 0. The lowest BCUT2D eigenvalue weighted by Gasteiger charge is -2.11. The highest BCUT2D eigenvalue weighted by atomic mass is 32.2. The molecule has 0 bridgehead atoms. The molecule has 0 unspecified atom stereocenters. The van der Waals surface area contributed by atoms with Crippen LogP contribution in [-0.2, 0) is 0 Å². The first kappa shape index (κ1) is 18.3. The molecule has 3 rings (SSSR count). The van der Waals surface area contributed by atoms with E-state index < -0.39 is 0 Å². The number of para-hydroxylation sites is 2. The van der Waals surface area contributed by atoms with E-state index in [1.807, 2.05) is 28.8 Å². The SMILES string of the molecule is COc1ccccc1-n1cnnc1SCCCOc1cc(C)ccc1C. The summed E-state index contributed by atoms with van der Waals surface area (Å²) >= 11 is 1.66. The second-order valence-electron chi connectivity index (χ2n) is 5.97. The van der Waals surface area contributed by atoms with E-state index in [0.717, 1.165) is 34.5 Å². The van der Waals surface area contributed by atoms with Crippen LogP contribution in [0.4, 0.5) is 0 Å². The number of aromatic nitrogens is 3. The van der Waals surface area contributed by atoms with Crippen molar-refractivity contribution in [2.75, 3.05) is 19.5 Å². The van der Waals surface area contributed by atoms with Crippen LogP contribution < -0.4 is 9.47 Å². The normalized spacial score (nSPS) is 10.7. The molecule has 0 aliphatic rings. The van der Waals surface area contributed by atoms with Crippen molar-refractivity contribution in [3.8, 4) is 17.2 Å². The standard InChI is InChI=1S/C20H23N3O2S/c1-15-9-10-16(2)19(13-15)25-11-6-12-26-20-22-21-14-23(20)17-7-4-5-8-18(17)24-3/h4-5,7-10,13-14H,6,11-12H2,1-3H3. The smallest absolute Gasteiger partial charge is 0.195 e. The summed E-state index contributed by atoms with van der Waals surface area (Å²) in [5.74, 6) is 2.67. The van der Waals surface area contributed by atoms with E-state index in [1.54, 1.807) is 25.2 Å². The second-order valence-corrected chi connectivity index (χ2v) is 7.04. The van der Waals surface area contributed by atoms with E-state index >= 15 is 0 Å². The van der Waals surface area contributed by atoms with Crippen molar-refractivity contribution in [2.24, 2.45) is 0 Å². The molecule has 0 N–H and O–H groups in total.